The molecule has 0 aromatic heterocycles. The summed E-state index contributed by atoms with van der Waals surface area (Å²) in [7, 11) is 0. The van der Waals surface area contributed by atoms with Gasteiger partial charge < -0.3 is 0 Å². The van der Waals surface area contributed by atoms with Crippen LogP contribution in [0.5, 0.6) is 0 Å². The van der Waals surface area contributed by atoms with Crippen molar-refractivity contribution in [1.29, 1.82) is 0 Å². The summed E-state index contributed by atoms with van der Waals surface area (Å²) in [6.07, 6.45) is 7.24. The molecule has 0 aliphatic heterocycles. The Labute approximate surface area is 103 Å². The fourth-order valence-electron chi connectivity index (χ4n) is 1.72. The van der Waals surface area contributed by atoms with Crippen molar-refractivity contribution in [1.82, 2.24) is 0 Å². The quantitative estimate of drug-likeness (QED) is 0.396. The van der Waals surface area contributed by atoms with E-state index in [0.29, 0.717) is 0 Å². The van der Waals surface area contributed by atoms with Gasteiger partial charge in [-0.25, -0.2) is 0 Å². The number of halogens is 3. The molecule has 11 heavy (non-hydrogen) atoms. The van der Waals surface area contributed by atoms with Gasteiger partial charge in [0.25, 0.3) is 0 Å². The van der Waals surface area contributed by atoms with E-state index in [4.69, 9.17) is 11.6 Å². The summed E-state index contributed by atoms with van der Waals surface area (Å²) in [5, 5.41) is 0. The van der Waals surface area contributed by atoms with Crippen LogP contribution in [0.15, 0.2) is 0 Å². The molecular formula is C7H11Br2ClHg. The Kier molecular flexibility index (Phi) is 5.28. The Bertz CT molecular complexity index is 118. The molecule has 0 N–H and O–H groups in total. The van der Waals surface area contributed by atoms with Gasteiger partial charge in [-0.2, -0.15) is 0 Å². The van der Waals surface area contributed by atoms with Crippen LogP contribution in [0.25, 0.3) is 0 Å². The molecule has 1 rings (SSSR count). The zero-order chi connectivity index (χ0) is 8.32. The van der Waals surface area contributed by atoms with Gasteiger partial charge >= 0.3 is 104 Å². The van der Waals surface area contributed by atoms with E-state index in [2.05, 4.69) is 31.9 Å². The van der Waals surface area contributed by atoms with Gasteiger partial charge in [-0.3, -0.25) is 0 Å². The zero-order valence-electron chi connectivity index (χ0n) is 6.45. The van der Waals surface area contributed by atoms with Gasteiger partial charge in [0.05, 0.1) is 0 Å². The third-order valence-electron chi connectivity index (χ3n) is 2.24. The molecule has 1 aliphatic rings. The normalized spacial score (nSPS) is 21.4. The second kappa shape index (κ2) is 5.16. The van der Waals surface area contributed by atoms with Crippen molar-refractivity contribution in [3.8, 4) is 0 Å². The third-order valence-corrected chi connectivity index (χ3v) is 16.5. The predicted molar refractivity (Wildman–Crippen MR) is 53.3 cm³/mol. The number of alkyl halides is 3. The second-order valence-corrected chi connectivity index (χ2v) is 28.6. The van der Waals surface area contributed by atoms with Crippen molar-refractivity contribution in [2.75, 3.05) is 0 Å². The first-order valence-corrected chi connectivity index (χ1v) is 12.0. The van der Waals surface area contributed by atoms with Crippen molar-refractivity contribution >= 4 is 43.5 Å². The van der Waals surface area contributed by atoms with Crippen molar-refractivity contribution in [3.63, 3.8) is 0 Å². The van der Waals surface area contributed by atoms with E-state index in [0.717, 1.165) is 3.43 Å². The van der Waals surface area contributed by atoms with Gasteiger partial charge in [0, 0.05) is 0 Å². The minimum atomic E-state index is -0.938. The van der Waals surface area contributed by atoms with Gasteiger partial charge in [0.15, 0.2) is 0 Å². The van der Waals surface area contributed by atoms with E-state index in [1.54, 1.807) is 0 Å². The molecule has 1 saturated carbocycles. The molecule has 0 bridgehead atoms. The maximum absolute atomic E-state index is 6.10. The first-order chi connectivity index (χ1) is 5.08. The molecule has 0 spiro atoms. The van der Waals surface area contributed by atoms with E-state index in [9.17, 15) is 0 Å². The molecule has 0 aromatic rings. The summed E-state index contributed by atoms with van der Waals surface area (Å²) in [5.41, 5.74) is 0. The van der Waals surface area contributed by atoms with Gasteiger partial charge in [0.1, 0.15) is 0 Å². The van der Waals surface area contributed by atoms with Gasteiger partial charge in [0.2, 0.25) is 0 Å². The number of hydrogen-bond acceptors (Lipinski definition) is 0. The van der Waals surface area contributed by atoms with Crippen molar-refractivity contribution in [3.05, 3.63) is 0 Å². The average Bonchev–Trinajstić information content (AvgIpc) is 1.85. The minimum absolute atomic E-state index is 0.123. The Morgan fingerprint density at radius 2 is 1.73 bits per heavy atom. The second-order valence-electron chi connectivity index (χ2n) is 3.32. The maximum atomic E-state index is 6.10. The molecule has 0 atom stereocenters. The third kappa shape index (κ3) is 5.48. The Morgan fingerprint density at radius 1 is 1.18 bits per heavy atom. The molecular weight excluding hydrogens is 480 g/mol. The molecule has 1 aliphatic carbocycles. The van der Waals surface area contributed by atoms with E-state index in [1.807, 2.05) is 0 Å². The first kappa shape index (κ1) is 11.3. The van der Waals surface area contributed by atoms with Crippen molar-refractivity contribution in [2.24, 2.45) is 0 Å². The van der Waals surface area contributed by atoms with Crippen LogP contribution in [-0.4, -0.2) is 0.201 Å². The monoisotopic (exact) mass is 490 g/mol. The van der Waals surface area contributed by atoms with Crippen LogP contribution in [0.2, 0.25) is 3.43 Å². The van der Waals surface area contributed by atoms with Crippen LogP contribution in [0.1, 0.15) is 32.1 Å². The van der Waals surface area contributed by atoms with E-state index in [1.165, 1.54) is 32.1 Å². The summed E-state index contributed by atoms with van der Waals surface area (Å²) in [6.45, 7) is 0. The SMILES string of the molecule is Cl[C](Br)(Br)[Hg][CH]1CCCCC1. The number of rotatable bonds is 2. The van der Waals surface area contributed by atoms with E-state index >= 15 is 0 Å². The summed E-state index contributed by atoms with van der Waals surface area (Å²) >= 11 is 12.2. The number of hydrogen-bond donors (Lipinski definition) is 0. The summed E-state index contributed by atoms with van der Waals surface area (Å²) < 4.78 is 0.919. The van der Waals surface area contributed by atoms with Crippen LogP contribution in [-0.2, 0) is 24.6 Å². The molecule has 0 unspecified atom stereocenters. The molecule has 0 saturated heterocycles. The topological polar surface area (TPSA) is 0 Å². The van der Waals surface area contributed by atoms with Crippen LogP contribution >= 0.6 is 43.5 Å². The molecule has 0 amide bonds. The van der Waals surface area contributed by atoms with Crippen molar-refractivity contribution < 1.29 is 24.6 Å². The first-order valence-electron chi connectivity index (χ1n) is 4.15. The Hall–Kier alpha value is 2.19. The van der Waals surface area contributed by atoms with E-state index in [-0.39, 0.29) is 0.201 Å². The van der Waals surface area contributed by atoms with E-state index < -0.39 is 24.6 Å². The predicted octanol–water partition coefficient (Wildman–Crippen LogP) is 4.46. The Balaban J connectivity index is 2.24. The summed E-state index contributed by atoms with van der Waals surface area (Å²) in [4.78, 5) is 0. The summed E-state index contributed by atoms with van der Waals surface area (Å²) in [6, 6.07) is 0. The van der Waals surface area contributed by atoms with Crippen LogP contribution in [0.3, 0.4) is 0 Å². The standard InChI is InChI=1S/C6H11.CBr2Cl.Hg/c1-2-4-6-5-3-1;2-1(3)4;/h1H,2-6H2;;. The fraction of sp³-hybridized carbons (Fsp3) is 1.00. The molecule has 0 heterocycles. The molecule has 62 valence electrons. The molecule has 0 radical (unpaired) electrons. The van der Waals surface area contributed by atoms with Crippen LogP contribution < -0.4 is 0 Å². The van der Waals surface area contributed by atoms with Crippen LogP contribution in [0.4, 0.5) is 0 Å². The van der Waals surface area contributed by atoms with Gasteiger partial charge in [-0.05, 0) is 0 Å². The molecule has 0 aromatic carbocycles. The molecule has 4 heteroatoms. The van der Waals surface area contributed by atoms with Crippen LogP contribution in [0, 0.1) is 0 Å². The van der Waals surface area contributed by atoms with Crippen molar-refractivity contribution in [2.45, 2.75) is 35.7 Å². The average molecular weight is 491 g/mol. The molecule has 0 nitrogen and oxygen atoms in total. The summed E-state index contributed by atoms with van der Waals surface area (Å²) in [5.74, 6) is 0. The fourth-order valence-corrected chi connectivity index (χ4v) is 18.0. The molecule has 1 fully saturated rings. The Morgan fingerprint density at radius 3 is 2.18 bits per heavy atom. The van der Waals surface area contributed by atoms with Gasteiger partial charge in [-0.1, -0.05) is 0 Å². The zero-order valence-corrected chi connectivity index (χ0v) is 15.9. The van der Waals surface area contributed by atoms with Gasteiger partial charge in [-0.15, -0.1) is 0 Å².